The maximum Gasteiger partial charge on any atom is 0.266 e. The van der Waals surface area contributed by atoms with Crippen molar-refractivity contribution >= 4 is 29.3 Å². The van der Waals surface area contributed by atoms with Gasteiger partial charge in [-0.15, -0.1) is 0 Å². The lowest BCUT2D eigenvalue weighted by atomic mass is 10.1. The summed E-state index contributed by atoms with van der Waals surface area (Å²) in [7, 11) is 1.44. The molecule has 0 aliphatic rings. The van der Waals surface area contributed by atoms with Crippen molar-refractivity contribution in [3.63, 3.8) is 0 Å². The molecule has 7 nitrogen and oxygen atoms in total. The molecule has 35 heavy (non-hydrogen) atoms. The molecule has 0 aliphatic heterocycles. The summed E-state index contributed by atoms with van der Waals surface area (Å²) in [4.78, 5) is 24.8. The molecule has 0 atom stereocenters. The molecule has 0 spiro atoms. The first kappa shape index (κ1) is 25.0. The minimum Gasteiger partial charge on any atom is -0.493 e. The second-order valence-electron chi connectivity index (χ2n) is 7.70. The summed E-state index contributed by atoms with van der Waals surface area (Å²) in [5, 5.41) is 14.8. The molecule has 0 saturated heterocycles. The largest absolute Gasteiger partial charge is 0.493 e. The van der Waals surface area contributed by atoms with Crippen LogP contribution in [0.2, 0.25) is 0 Å². The molecule has 0 aliphatic carbocycles. The summed E-state index contributed by atoms with van der Waals surface area (Å²) in [6.07, 6.45) is 1.39. The Morgan fingerprint density at radius 2 is 1.74 bits per heavy atom. The quantitative estimate of drug-likeness (QED) is 0.354. The van der Waals surface area contributed by atoms with Crippen LogP contribution in [0.15, 0.2) is 66.2 Å². The van der Waals surface area contributed by atoms with Crippen LogP contribution in [0.1, 0.15) is 16.7 Å². The molecular formula is C27H24FN3O4. The maximum absolute atomic E-state index is 13.0. The predicted molar refractivity (Wildman–Crippen MR) is 132 cm³/mol. The van der Waals surface area contributed by atoms with Crippen LogP contribution in [0.3, 0.4) is 0 Å². The van der Waals surface area contributed by atoms with Gasteiger partial charge in [0.1, 0.15) is 17.5 Å². The Kier molecular flexibility index (Phi) is 8.20. The lowest BCUT2D eigenvalue weighted by Gasteiger charge is -2.13. The number of hydrogen-bond donors (Lipinski definition) is 2. The molecule has 2 N–H and O–H groups in total. The fourth-order valence-electron chi connectivity index (χ4n) is 3.14. The number of nitrogens with one attached hydrogen (secondary N) is 2. The van der Waals surface area contributed by atoms with Crippen LogP contribution >= 0.6 is 0 Å². The summed E-state index contributed by atoms with van der Waals surface area (Å²) in [6.45, 7) is 3.61. The van der Waals surface area contributed by atoms with Gasteiger partial charge in [-0.05, 0) is 79.1 Å². The molecule has 3 aromatic rings. The maximum atomic E-state index is 13.0. The van der Waals surface area contributed by atoms with Crippen molar-refractivity contribution in [1.82, 2.24) is 0 Å². The number of nitrogens with zero attached hydrogens (tertiary/aromatic N) is 1. The molecule has 0 fully saturated rings. The smallest absolute Gasteiger partial charge is 0.266 e. The number of halogens is 1. The highest BCUT2D eigenvalue weighted by Gasteiger charge is 2.13. The van der Waals surface area contributed by atoms with Gasteiger partial charge < -0.3 is 20.1 Å². The number of ether oxygens (including phenoxy) is 2. The number of carbonyl (C=O) groups excluding carboxylic acids is 2. The van der Waals surface area contributed by atoms with E-state index in [9.17, 15) is 19.2 Å². The van der Waals surface area contributed by atoms with E-state index < -0.39 is 11.7 Å². The van der Waals surface area contributed by atoms with E-state index in [1.54, 1.807) is 18.2 Å². The Morgan fingerprint density at radius 1 is 1.00 bits per heavy atom. The van der Waals surface area contributed by atoms with E-state index in [1.165, 1.54) is 37.5 Å². The SMILES string of the molecule is COc1cc(/C=C(\C#N)C(=O)Nc2ccc(F)cc2)ccc1OCC(=O)Nc1cc(C)ccc1C. The van der Waals surface area contributed by atoms with E-state index in [0.29, 0.717) is 28.4 Å². The van der Waals surface area contributed by atoms with Crippen LogP contribution in [0, 0.1) is 31.0 Å². The van der Waals surface area contributed by atoms with Gasteiger partial charge >= 0.3 is 0 Å². The fourth-order valence-corrected chi connectivity index (χ4v) is 3.14. The number of benzene rings is 3. The zero-order chi connectivity index (χ0) is 25.4. The molecule has 3 aromatic carbocycles. The Labute approximate surface area is 202 Å². The average Bonchev–Trinajstić information content (AvgIpc) is 2.85. The third kappa shape index (κ3) is 6.92. The first-order valence-electron chi connectivity index (χ1n) is 10.7. The van der Waals surface area contributed by atoms with Crippen LogP contribution in [0.5, 0.6) is 11.5 Å². The van der Waals surface area contributed by atoms with E-state index in [1.807, 2.05) is 38.1 Å². The summed E-state index contributed by atoms with van der Waals surface area (Å²) in [5.74, 6) is -0.740. The van der Waals surface area contributed by atoms with Gasteiger partial charge in [-0.3, -0.25) is 9.59 Å². The van der Waals surface area contributed by atoms with E-state index in [4.69, 9.17) is 9.47 Å². The number of anilines is 2. The fraction of sp³-hybridized carbons (Fsp3) is 0.148. The predicted octanol–water partition coefficient (Wildman–Crippen LogP) is 5.01. The van der Waals surface area contributed by atoms with Gasteiger partial charge in [0.25, 0.3) is 11.8 Å². The molecule has 0 radical (unpaired) electrons. The van der Waals surface area contributed by atoms with E-state index in [0.717, 1.165) is 11.1 Å². The summed E-state index contributed by atoms with van der Waals surface area (Å²) in [5.41, 5.74) is 3.40. The minimum absolute atomic E-state index is 0.155. The van der Waals surface area contributed by atoms with Crippen molar-refractivity contribution in [3.05, 3.63) is 88.7 Å². The third-order valence-electron chi connectivity index (χ3n) is 4.99. The average molecular weight is 474 g/mol. The molecule has 0 bridgehead atoms. The molecule has 0 heterocycles. The molecule has 2 amide bonds. The Hall–Kier alpha value is -4.64. The van der Waals surface area contributed by atoms with Crippen LogP contribution in [0.4, 0.5) is 15.8 Å². The number of rotatable bonds is 8. The number of hydrogen-bond acceptors (Lipinski definition) is 5. The van der Waals surface area contributed by atoms with E-state index in [-0.39, 0.29) is 18.1 Å². The molecule has 0 saturated carbocycles. The molecular weight excluding hydrogens is 449 g/mol. The van der Waals surface area contributed by atoms with Crippen molar-refractivity contribution in [2.45, 2.75) is 13.8 Å². The second-order valence-corrected chi connectivity index (χ2v) is 7.70. The zero-order valence-electron chi connectivity index (χ0n) is 19.5. The van der Waals surface area contributed by atoms with E-state index in [2.05, 4.69) is 10.6 Å². The number of amides is 2. The second kappa shape index (κ2) is 11.5. The summed E-state index contributed by atoms with van der Waals surface area (Å²) < 4.78 is 24.0. The third-order valence-corrected chi connectivity index (χ3v) is 4.99. The first-order chi connectivity index (χ1) is 16.8. The molecule has 3 rings (SSSR count). The van der Waals surface area contributed by atoms with Crippen molar-refractivity contribution in [1.29, 1.82) is 5.26 Å². The normalized spacial score (nSPS) is 10.8. The number of carbonyl (C=O) groups is 2. The Morgan fingerprint density at radius 3 is 2.43 bits per heavy atom. The van der Waals surface area contributed by atoms with Gasteiger partial charge in [0.2, 0.25) is 0 Å². The number of aryl methyl sites for hydroxylation is 2. The molecule has 178 valence electrons. The lowest BCUT2D eigenvalue weighted by Crippen LogP contribution is -2.20. The highest BCUT2D eigenvalue weighted by atomic mass is 19.1. The number of methoxy groups -OCH3 is 1. The monoisotopic (exact) mass is 473 g/mol. The van der Waals surface area contributed by atoms with Crippen molar-refractivity contribution in [2.75, 3.05) is 24.4 Å². The van der Waals surface area contributed by atoms with Crippen molar-refractivity contribution in [3.8, 4) is 17.6 Å². The minimum atomic E-state index is -0.637. The van der Waals surface area contributed by atoms with Gasteiger partial charge in [0, 0.05) is 11.4 Å². The van der Waals surface area contributed by atoms with Crippen LogP contribution in [-0.2, 0) is 9.59 Å². The molecule has 8 heteroatoms. The van der Waals surface area contributed by atoms with Crippen LogP contribution in [0.25, 0.3) is 6.08 Å². The topological polar surface area (TPSA) is 100 Å². The van der Waals surface area contributed by atoms with Crippen molar-refractivity contribution < 1.29 is 23.5 Å². The van der Waals surface area contributed by atoms with Crippen LogP contribution < -0.4 is 20.1 Å². The molecule has 0 aromatic heterocycles. The molecule has 0 unspecified atom stereocenters. The summed E-state index contributed by atoms with van der Waals surface area (Å²) >= 11 is 0. The highest BCUT2D eigenvalue weighted by Crippen LogP contribution is 2.29. The van der Waals surface area contributed by atoms with Crippen molar-refractivity contribution in [2.24, 2.45) is 0 Å². The number of nitriles is 1. The lowest BCUT2D eigenvalue weighted by molar-refractivity contribution is -0.118. The van der Waals surface area contributed by atoms with E-state index >= 15 is 0 Å². The van der Waals surface area contributed by atoms with Gasteiger partial charge in [-0.25, -0.2) is 4.39 Å². The van der Waals surface area contributed by atoms with Gasteiger partial charge in [-0.1, -0.05) is 18.2 Å². The van der Waals surface area contributed by atoms with Gasteiger partial charge in [-0.2, -0.15) is 5.26 Å². The van der Waals surface area contributed by atoms with Crippen LogP contribution in [-0.4, -0.2) is 25.5 Å². The summed E-state index contributed by atoms with van der Waals surface area (Å²) in [6, 6.07) is 17.6. The van der Waals surface area contributed by atoms with Gasteiger partial charge in [0.05, 0.1) is 7.11 Å². The zero-order valence-corrected chi connectivity index (χ0v) is 19.5. The van der Waals surface area contributed by atoms with Gasteiger partial charge in [0.15, 0.2) is 18.1 Å². The highest BCUT2D eigenvalue weighted by molar-refractivity contribution is 6.09. The Balaban J connectivity index is 1.68. The Bertz CT molecular complexity index is 1310. The first-order valence-corrected chi connectivity index (χ1v) is 10.7. The standard InChI is InChI=1S/C27H24FN3O4/c1-17-4-5-18(2)23(12-17)31-26(32)16-35-24-11-6-19(14-25(24)34-3)13-20(15-29)27(33)30-22-9-7-21(28)8-10-22/h4-14H,16H2,1-3H3,(H,30,33)(H,31,32)/b20-13+.